The van der Waals surface area contributed by atoms with Gasteiger partial charge in [0.25, 0.3) is 5.91 Å². The first-order chi connectivity index (χ1) is 11.8. The summed E-state index contributed by atoms with van der Waals surface area (Å²) in [4.78, 5) is 16.0. The van der Waals surface area contributed by atoms with Crippen LogP contribution in [0.5, 0.6) is 0 Å². The summed E-state index contributed by atoms with van der Waals surface area (Å²) >= 11 is 0. The highest BCUT2D eigenvalue weighted by Crippen LogP contribution is 2.43. The smallest absolute Gasteiger partial charge is 0.272 e. The van der Waals surface area contributed by atoms with Crippen LogP contribution >= 0.6 is 0 Å². The van der Waals surface area contributed by atoms with Crippen molar-refractivity contribution in [2.75, 3.05) is 5.32 Å². The van der Waals surface area contributed by atoms with Gasteiger partial charge in [0.1, 0.15) is 5.69 Å². The molecule has 1 amide bonds. The molecule has 2 aromatic carbocycles. The van der Waals surface area contributed by atoms with E-state index in [4.69, 9.17) is 0 Å². The monoisotopic (exact) mass is 317 g/mol. The molecule has 0 saturated heterocycles. The number of aromatic amines is 1. The Bertz CT molecular complexity index is 953. The van der Waals surface area contributed by atoms with Crippen molar-refractivity contribution in [3.8, 4) is 0 Å². The quantitative estimate of drug-likeness (QED) is 0.686. The summed E-state index contributed by atoms with van der Waals surface area (Å²) in [5.74, 6) is 0.595. The van der Waals surface area contributed by atoms with E-state index in [1.807, 2.05) is 24.3 Å². The lowest BCUT2D eigenvalue weighted by Crippen LogP contribution is -2.14. The molecule has 1 aliphatic heterocycles. The van der Waals surface area contributed by atoms with Crippen molar-refractivity contribution in [3.05, 3.63) is 64.8 Å². The second-order valence-electron chi connectivity index (χ2n) is 6.77. The fourth-order valence-corrected chi connectivity index (χ4v) is 3.69. The first-order valence-corrected chi connectivity index (χ1v) is 8.54. The standard InChI is InChI=1S/C20H19N3O/c24-20(23-18-5-1-3-13-10-21-11-16(13)18)19-9-15-14(12-7-8-12)4-2-6-17(15)22-19/h1-6,9,12,21-22H,7-8,10-11H2,(H,23,24). The van der Waals surface area contributed by atoms with E-state index in [9.17, 15) is 4.79 Å². The second kappa shape index (κ2) is 5.21. The average molecular weight is 317 g/mol. The van der Waals surface area contributed by atoms with Gasteiger partial charge in [0.2, 0.25) is 0 Å². The van der Waals surface area contributed by atoms with Gasteiger partial charge in [-0.2, -0.15) is 0 Å². The molecular formula is C20H19N3O. The van der Waals surface area contributed by atoms with Crippen LogP contribution in [0, 0.1) is 0 Å². The highest BCUT2D eigenvalue weighted by molar-refractivity contribution is 6.06. The minimum Gasteiger partial charge on any atom is -0.351 e. The SMILES string of the molecule is O=C(Nc1cccc2c1CNC2)c1cc2c(C3CC3)cccc2[nH]1. The fourth-order valence-electron chi connectivity index (χ4n) is 3.69. The summed E-state index contributed by atoms with van der Waals surface area (Å²) in [5, 5.41) is 7.59. The predicted molar refractivity (Wildman–Crippen MR) is 95.2 cm³/mol. The lowest BCUT2D eigenvalue weighted by molar-refractivity contribution is 0.102. The molecule has 3 aromatic rings. The van der Waals surface area contributed by atoms with E-state index in [0.29, 0.717) is 11.6 Å². The van der Waals surface area contributed by atoms with Gasteiger partial charge in [-0.15, -0.1) is 0 Å². The Morgan fingerprint density at radius 1 is 1.08 bits per heavy atom. The van der Waals surface area contributed by atoms with Gasteiger partial charge in [-0.1, -0.05) is 24.3 Å². The Hall–Kier alpha value is -2.59. The highest BCUT2D eigenvalue weighted by atomic mass is 16.1. The van der Waals surface area contributed by atoms with E-state index in [0.717, 1.165) is 24.3 Å². The zero-order valence-electron chi connectivity index (χ0n) is 13.4. The molecule has 1 saturated carbocycles. The van der Waals surface area contributed by atoms with Crippen LogP contribution in [-0.4, -0.2) is 10.9 Å². The molecule has 0 unspecified atom stereocenters. The molecular weight excluding hydrogens is 298 g/mol. The lowest BCUT2D eigenvalue weighted by atomic mass is 10.1. The number of H-pyrrole nitrogens is 1. The Morgan fingerprint density at radius 3 is 2.83 bits per heavy atom. The Balaban J connectivity index is 1.48. The minimum absolute atomic E-state index is 0.0757. The molecule has 120 valence electrons. The van der Waals surface area contributed by atoms with Crippen LogP contribution < -0.4 is 10.6 Å². The van der Waals surface area contributed by atoms with Crippen LogP contribution in [0.1, 0.15) is 45.9 Å². The number of hydrogen-bond donors (Lipinski definition) is 3. The summed E-state index contributed by atoms with van der Waals surface area (Å²) in [5.41, 5.74) is 6.41. The number of anilines is 1. The lowest BCUT2D eigenvalue weighted by Gasteiger charge is -2.08. The summed E-state index contributed by atoms with van der Waals surface area (Å²) in [7, 11) is 0. The third-order valence-electron chi connectivity index (χ3n) is 5.10. The first kappa shape index (κ1) is 13.8. The van der Waals surface area contributed by atoms with Gasteiger partial charge in [0.05, 0.1) is 0 Å². The third kappa shape index (κ3) is 2.22. The van der Waals surface area contributed by atoms with Crippen molar-refractivity contribution >= 4 is 22.5 Å². The van der Waals surface area contributed by atoms with E-state index in [2.05, 4.69) is 33.8 Å². The summed E-state index contributed by atoms with van der Waals surface area (Å²) in [6, 6.07) is 14.4. The van der Waals surface area contributed by atoms with Gasteiger partial charge in [-0.05, 0) is 53.6 Å². The van der Waals surface area contributed by atoms with E-state index in [-0.39, 0.29) is 5.91 Å². The van der Waals surface area contributed by atoms with Gasteiger partial charge in [-0.25, -0.2) is 0 Å². The molecule has 24 heavy (non-hydrogen) atoms. The molecule has 2 aliphatic rings. The van der Waals surface area contributed by atoms with Crippen LogP contribution in [0.25, 0.3) is 10.9 Å². The maximum atomic E-state index is 12.7. The minimum atomic E-state index is -0.0757. The van der Waals surface area contributed by atoms with Crippen molar-refractivity contribution in [1.29, 1.82) is 0 Å². The molecule has 0 atom stereocenters. The van der Waals surface area contributed by atoms with E-state index in [1.54, 1.807) is 0 Å². The summed E-state index contributed by atoms with van der Waals surface area (Å²) < 4.78 is 0. The molecule has 1 aromatic heterocycles. The van der Waals surface area contributed by atoms with Crippen molar-refractivity contribution in [2.45, 2.75) is 31.8 Å². The van der Waals surface area contributed by atoms with Gasteiger partial charge in [0, 0.05) is 29.7 Å². The second-order valence-corrected chi connectivity index (χ2v) is 6.77. The largest absolute Gasteiger partial charge is 0.351 e. The number of carbonyl (C=O) groups excluding carboxylic acids is 1. The van der Waals surface area contributed by atoms with Crippen LogP contribution in [-0.2, 0) is 13.1 Å². The highest BCUT2D eigenvalue weighted by Gasteiger charge is 2.26. The Morgan fingerprint density at radius 2 is 1.96 bits per heavy atom. The number of nitrogens with one attached hydrogen (secondary N) is 3. The number of aromatic nitrogens is 1. The van der Waals surface area contributed by atoms with Crippen molar-refractivity contribution in [1.82, 2.24) is 10.3 Å². The zero-order chi connectivity index (χ0) is 16.1. The third-order valence-corrected chi connectivity index (χ3v) is 5.10. The van der Waals surface area contributed by atoms with Crippen LogP contribution in [0.4, 0.5) is 5.69 Å². The molecule has 0 radical (unpaired) electrons. The summed E-state index contributed by atoms with van der Waals surface area (Å²) in [6.07, 6.45) is 2.52. The molecule has 4 nitrogen and oxygen atoms in total. The first-order valence-electron chi connectivity index (χ1n) is 8.54. The molecule has 3 N–H and O–H groups in total. The molecule has 4 heteroatoms. The predicted octanol–water partition coefficient (Wildman–Crippen LogP) is 3.90. The molecule has 1 aliphatic carbocycles. The van der Waals surface area contributed by atoms with Crippen molar-refractivity contribution in [3.63, 3.8) is 0 Å². The number of hydrogen-bond acceptors (Lipinski definition) is 2. The number of rotatable bonds is 3. The van der Waals surface area contributed by atoms with E-state index >= 15 is 0 Å². The molecule has 0 spiro atoms. The van der Waals surface area contributed by atoms with Gasteiger partial charge < -0.3 is 15.6 Å². The average Bonchev–Trinajstić information content (AvgIpc) is 3.15. The number of amides is 1. The molecule has 5 rings (SSSR count). The maximum Gasteiger partial charge on any atom is 0.272 e. The van der Waals surface area contributed by atoms with Gasteiger partial charge in [0.15, 0.2) is 0 Å². The van der Waals surface area contributed by atoms with E-state index < -0.39 is 0 Å². The molecule has 0 bridgehead atoms. The Labute approximate surface area is 140 Å². The summed E-state index contributed by atoms with van der Waals surface area (Å²) in [6.45, 7) is 1.68. The molecule has 2 heterocycles. The Kier molecular flexibility index (Phi) is 3.00. The normalized spacial score (nSPS) is 16.3. The molecule has 1 fully saturated rings. The zero-order valence-corrected chi connectivity index (χ0v) is 13.4. The number of carbonyl (C=O) groups is 1. The van der Waals surface area contributed by atoms with Gasteiger partial charge >= 0.3 is 0 Å². The van der Waals surface area contributed by atoms with Crippen LogP contribution in [0.2, 0.25) is 0 Å². The van der Waals surface area contributed by atoms with Gasteiger partial charge in [-0.3, -0.25) is 4.79 Å². The topological polar surface area (TPSA) is 56.9 Å². The van der Waals surface area contributed by atoms with Crippen LogP contribution in [0.15, 0.2) is 42.5 Å². The maximum absolute atomic E-state index is 12.7. The van der Waals surface area contributed by atoms with Crippen molar-refractivity contribution in [2.24, 2.45) is 0 Å². The fraction of sp³-hybridized carbons (Fsp3) is 0.250. The number of fused-ring (bicyclic) bond motifs is 2. The van der Waals surface area contributed by atoms with E-state index in [1.165, 1.54) is 34.9 Å². The van der Waals surface area contributed by atoms with Crippen molar-refractivity contribution < 1.29 is 4.79 Å². The van der Waals surface area contributed by atoms with Crippen LogP contribution in [0.3, 0.4) is 0 Å². The number of benzene rings is 2.